The first-order valence-corrected chi connectivity index (χ1v) is 6.00. The van der Waals surface area contributed by atoms with Crippen LogP contribution in [0.5, 0.6) is 0 Å². The topological polar surface area (TPSA) is 56.1 Å². The van der Waals surface area contributed by atoms with Gasteiger partial charge in [0, 0.05) is 26.7 Å². The van der Waals surface area contributed by atoms with Crippen LogP contribution in [0.4, 0.5) is 11.6 Å². The molecule has 0 saturated heterocycles. The fourth-order valence-electron chi connectivity index (χ4n) is 1.40. The van der Waals surface area contributed by atoms with E-state index in [9.17, 15) is 0 Å². The van der Waals surface area contributed by atoms with E-state index in [1.165, 1.54) is 11.2 Å². The number of hydrogen-bond acceptors (Lipinski definition) is 5. The third-order valence-electron chi connectivity index (χ3n) is 2.72. The Bertz CT molecular complexity index is 430. The predicted octanol–water partition coefficient (Wildman–Crippen LogP) is 2.27. The minimum Gasteiger partial charge on any atom is -0.359 e. The molecule has 0 unspecified atom stereocenters. The first-order valence-electron chi connectivity index (χ1n) is 6.00. The van der Waals surface area contributed by atoms with Crippen LogP contribution in [-0.2, 0) is 0 Å². The third kappa shape index (κ3) is 4.21. The summed E-state index contributed by atoms with van der Waals surface area (Å²) in [4.78, 5) is 11.8. The van der Waals surface area contributed by atoms with Crippen molar-refractivity contribution in [2.75, 3.05) is 30.4 Å². The highest BCUT2D eigenvalue weighted by molar-refractivity contribution is 5.51. The van der Waals surface area contributed by atoms with E-state index in [0.29, 0.717) is 11.2 Å². The van der Waals surface area contributed by atoms with Crippen LogP contribution in [0.1, 0.15) is 27.2 Å². The molecule has 98 valence electrons. The van der Waals surface area contributed by atoms with Gasteiger partial charge in [-0.2, -0.15) is 5.26 Å². The fraction of sp³-hybridized carbons (Fsp3) is 0.615. The van der Waals surface area contributed by atoms with Crippen LogP contribution in [0.2, 0.25) is 0 Å². The van der Waals surface area contributed by atoms with Gasteiger partial charge in [0.1, 0.15) is 18.0 Å². The van der Waals surface area contributed by atoms with Crippen LogP contribution < -0.4 is 9.80 Å². The summed E-state index contributed by atoms with van der Waals surface area (Å²) >= 11 is 0. The van der Waals surface area contributed by atoms with Gasteiger partial charge in [-0.05, 0) is 11.8 Å². The van der Waals surface area contributed by atoms with Gasteiger partial charge in [0.05, 0.1) is 0 Å². The molecule has 0 amide bonds. The number of hydrogen-bond donors (Lipinski definition) is 0. The fourth-order valence-corrected chi connectivity index (χ4v) is 1.40. The number of nitriles is 1. The lowest BCUT2D eigenvalue weighted by atomic mass is 9.92. The molecule has 1 aromatic rings. The second kappa shape index (κ2) is 5.67. The van der Waals surface area contributed by atoms with Crippen LogP contribution in [0.15, 0.2) is 12.4 Å². The van der Waals surface area contributed by atoms with Gasteiger partial charge in [-0.25, -0.2) is 9.97 Å². The standard InChI is InChI=1S/C13H21N5/c1-13(2,3)6-7-17(4)11-8-12(16-10-15-11)18(5)9-14/h8,10H,6-7H2,1-5H3. The molecule has 0 atom stereocenters. The molecule has 0 aromatic carbocycles. The molecule has 0 aliphatic heterocycles. The Morgan fingerprint density at radius 1 is 1.22 bits per heavy atom. The van der Waals surface area contributed by atoms with Gasteiger partial charge in [-0.3, -0.25) is 4.90 Å². The molecule has 0 bridgehead atoms. The van der Waals surface area contributed by atoms with Crippen LogP contribution in [0.3, 0.4) is 0 Å². The molecule has 1 heterocycles. The van der Waals surface area contributed by atoms with Gasteiger partial charge in [-0.1, -0.05) is 20.8 Å². The van der Waals surface area contributed by atoms with Crippen molar-refractivity contribution in [1.29, 1.82) is 5.26 Å². The van der Waals surface area contributed by atoms with Crippen molar-refractivity contribution in [2.24, 2.45) is 5.41 Å². The maximum absolute atomic E-state index is 8.83. The molecule has 5 nitrogen and oxygen atoms in total. The number of rotatable bonds is 4. The first kappa shape index (κ1) is 14.2. The zero-order valence-electron chi connectivity index (χ0n) is 11.8. The average molecular weight is 247 g/mol. The SMILES string of the molecule is CN(C#N)c1cc(N(C)CCC(C)(C)C)ncn1. The van der Waals surface area contributed by atoms with Crippen LogP contribution in [-0.4, -0.2) is 30.6 Å². The molecule has 0 aliphatic rings. The Morgan fingerprint density at radius 3 is 2.39 bits per heavy atom. The number of nitrogens with zero attached hydrogens (tertiary/aromatic N) is 5. The van der Waals surface area contributed by atoms with Gasteiger partial charge in [0.2, 0.25) is 0 Å². The van der Waals surface area contributed by atoms with Gasteiger partial charge >= 0.3 is 0 Å². The van der Waals surface area contributed by atoms with Crippen molar-refractivity contribution in [3.8, 4) is 6.19 Å². The summed E-state index contributed by atoms with van der Waals surface area (Å²) in [6.07, 6.45) is 4.60. The lowest BCUT2D eigenvalue weighted by Crippen LogP contribution is -2.24. The van der Waals surface area contributed by atoms with Crippen LogP contribution in [0.25, 0.3) is 0 Å². The summed E-state index contributed by atoms with van der Waals surface area (Å²) in [5.74, 6) is 1.46. The van der Waals surface area contributed by atoms with Crippen molar-refractivity contribution >= 4 is 11.6 Å². The molecular formula is C13H21N5. The van der Waals surface area contributed by atoms with Gasteiger partial charge in [0.25, 0.3) is 0 Å². The molecular weight excluding hydrogens is 226 g/mol. The van der Waals surface area contributed by atoms with E-state index in [1.54, 1.807) is 7.05 Å². The molecule has 0 aliphatic carbocycles. The normalized spacial score (nSPS) is 10.9. The lowest BCUT2D eigenvalue weighted by molar-refractivity contribution is 0.381. The predicted molar refractivity (Wildman–Crippen MR) is 73.4 cm³/mol. The Hall–Kier alpha value is -1.83. The van der Waals surface area contributed by atoms with Gasteiger partial charge < -0.3 is 4.90 Å². The van der Waals surface area contributed by atoms with Crippen molar-refractivity contribution < 1.29 is 0 Å². The Labute approximate surface area is 109 Å². The van der Waals surface area contributed by atoms with Crippen LogP contribution in [0, 0.1) is 16.9 Å². The zero-order chi connectivity index (χ0) is 13.8. The second-order valence-electron chi connectivity index (χ2n) is 5.63. The van der Waals surface area contributed by atoms with E-state index in [0.717, 1.165) is 18.8 Å². The summed E-state index contributed by atoms with van der Waals surface area (Å²) < 4.78 is 0. The van der Waals surface area contributed by atoms with Crippen LogP contribution >= 0.6 is 0 Å². The highest BCUT2D eigenvalue weighted by Crippen LogP contribution is 2.21. The quantitative estimate of drug-likeness (QED) is 0.603. The largest absolute Gasteiger partial charge is 0.359 e. The summed E-state index contributed by atoms with van der Waals surface area (Å²) in [6, 6.07) is 1.83. The van der Waals surface area contributed by atoms with E-state index < -0.39 is 0 Å². The average Bonchev–Trinajstić information content (AvgIpc) is 2.34. The van der Waals surface area contributed by atoms with Gasteiger partial charge in [0.15, 0.2) is 6.19 Å². The molecule has 0 spiro atoms. The van der Waals surface area contributed by atoms with Gasteiger partial charge in [-0.15, -0.1) is 0 Å². The number of aromatic nitrogens is 2. The van der Waals surface area contributed by atoms with Crippen molar-refractivity contribution in [3.05, 3.63) is 12.4 Å². The maximum atomic E-state index is 8.83. The Morgan fingerprint density at radius 2 is 1.83 bits per heavy atom. The molecule has 18 heavy (non-hydrogen) atoms. The van der Waals surface area contributed by atoms with E-state index in [1.807, 2.05) is 19.3 Å². The summed E-state index contributed by atoms with van der Waals surface area (Å²) in [7, 11) is 3.69. The molecule has 1 rings (SSSR count). The summed E-state index contributed by atoms with van der Waals surface area (Å²) in [5.41, 5.74) is 0.299. The van der Waals surface area contributed by atoms with Crippen molar-refractivity contribution in [3.63, 3.8) is 0 Å². The summed E-state index contributed by atoms with van der Waals surface area (Å²) in [5, 5.41) is 8.83. The molecule has 0 saturated carbocycles. The third-order valence-corrected chi connectivity index (χ3v) is 2.72. The molecule has 0 N–H and O–H groups in total. The van der Waals surface area contributed by atoms with E-state index >= 15 is 0 Å². The summed E-state index contributed by atoms with van der Waals surface area (Å²) in [6.45, 7) is 7.58. The lowest BCUT2D eigenvalue weighted by Gasteiger charge is -2.24. The highest BCUT2D eigenvalue weighted by atomic mass is 15.2. The van der Waals surface area contributed by atoms with E-state index in [-0.39, 0.29) is 0 Å². The minimum atomic E-state index is 0.299. The van der Waals surface area contributed by atoms with E-state index in [2.05, 4.69) is 35.6 Å². The first-order chi connectivity index (χ1) is 8.33. The molecule has 0 fully saturated rings. The zero-order valence-corrected chi connectivity index (χ0v) is 11.8. The Kier molecular flexibility index (Phi) is 4.49. The molecule has 0 radical (unpaired) electrons. The number of anilines is 2. The maximum Gasteiger partial charge on any atom is 0.185 e. The Balaban J connectivity index is 2.75. The molecule has 1 aromatic heterocycles. The van der Waals surface area contributed by atoms with E-state index in [4.69, 9.17) is 5.26 Å². The minimum absolute atomic E-state index is 0.299. The highest BCUT2D eigenvalue weighted by Gasteiger charge is 2.13. The smallest absolute Gasteiger partial charge is 0.185 e. The monoisotopic (exact) mass is 247 g/mol. The van der Waals surface area contributed by atoms with Crippen molar-refractivity contribution in [2.45, 2.75) is 27.2 Å². The van der Waals surface area contributed by atoms with Crippen molar-refractivity contribution in [1.82, 2.24) is 9.97 Å². The molecule has 5 heteroatoms. The second-order valence-corrected chi connectivity index (χ2v) is 5.63.